The highest BCUT2D eigenvalue weighted by Gasteiger charge is 2.52. The van der Waals surface area contributed by atoms with Crippen LogP contribution in [-0.2, 0) is 72.2 Å². The van der Waals surface area contributed by atoms with Crippen LogP contribution < -0.4 is 32.7 Å². The van der Waals surface area contributed by atoms with Gasteiger partial charge in [-0.15, -0.1) is 0 Å². The summed E-state index contributed by atoms with van der Waals surface area (Å²) >= 11 is 31.6. The molecule has 12 aromatic rings. The Labute approximate surface area is 897 Å². The summed E-state index contributed by atoms with van der Waals surface area (Å²) in [5.41, 5.74) is 26.2. The van der Waals surface area contributed by atoms with Crippen molar-refractivity contribution in [2.24, 2.45) is 11.7 Å². The molecule has 12 heterocycles. The number of ether oxygens (including phenoxy) is 4. The number of primary amides is 1. The van der Waals surface area contributed by atoms with Crippen molar-refractivity contribution < 1.29 is 119 Å². The van der Waals surface area contributed by atoms with Crippen molar-refractivity contribution in [1.29, 1.82) is 0 Å². The number of ketones is 2. The van der Waals surface area contributed by atoms with Gasteiger partial charge in [0.2, 0.25) is 5.91 Å². The lowest BCUT2D eigenvalue weighted by molar-refractivity contribution is -0.145. The number of benzene rings is 3. The Balaban J connectivity index is 0.000000231. The Bertz CT molecular complexity index is 6940. The lowest BCUT2D eigenvalue weighted by atomic mass is 9.79. The van der Waals surface area contributed by atoms with E-state index in [4.69, 9.17) is 113 Å². The van der Waals surface area contributed by atoms with Crippen molar-refractivity contribution in [3.63, 3.8) is 0 Å². The number of nitrogens with zero attached hydrogens (tertiary/aromatic N) is 6. The number of fused-ring (bicyclic) bond motifs is 2. The second-order valence-electron chi connectivity index (χ2n) is 35.3. The zero-order chi connectivity index (χ0) is 110. The number of halogens is 7. The zero-order valence-electron chi connectivity index (χ0n) is 84.9. The molecule has 47 heteroatoms. The first-order chi connectivity index (χ1) is 68.0. The number of carbonyl (C=O) groups excluding carboxylic acids is 5. The average Bonchev–Trinajstić information content (AvgIpc) is 1.62. The second-order valence-corrected chi connectivity index (χ2v) is 45.8. The number of rotatable bonds is 21. The summed E-state index contributed by atoms with van der Waals surface area (Å²) in [5, 5.41) is 23.7. The molecule has 794 valence electrons. The molecule has 1 saturated carbocycles. The molecule has 1 aliphatic carbocycles. The van der Waals surface area contributed by atoms with Crippen LogP contribution >= 0.6 is 98.5 Å². The van der Waals surface area contributed by atoms with E-state index in [1.807, 2.05) is 83.6 Å². The van der Waals surface area contributed by atoms with Crippen LogP contribution in [-0.4, -0.2) is 179 Å². The van der Waals surface area contributed by atoms with E-state index in [0.717, 1.165) is 115 Å². The number of aromatic carboxylic acids is 2. The molecule has 2 unspecified atom stereocenters. The number of hydrogen-bond acceptors (Lipinski definition) is 31. The van der Waals surface area contributed by atoms with E-state index in [-0.39, 0.29) is 84.6 Å². The summed E-state index contributed by atoms with van der Waals surface area (Å²) in [4.78, 5) is 91.9. The molecule has 0 radical (unpaired) electrons. The number of anilines is 4. The first-order valence-electron chi connectivity index (χ1n) is 45.5. The van der Waals surface area contributed by atoms with Crippen molar-refractivity contribution in [2.45, 2.75) is 233 Å². The third-order valence-electron chi connectivity index (χ3n) is 22.8. The Morgan fingerprint density at radius 2 is 1.06 bits per heavy atom. The van der Waals surface area contributed by atoms with Gasteiger partial charge in [0.25, 0.3) is 6.47 Å². The molecule has 0 bridgehead atoms. The molecule has 0 spiro atoms. The van der Waals surface area contributed by atoms with E-state index in [1.165, 1.54) is 37.6 Å². The molecule has 1 amide bonds. The second kappa shape index (κ2) is 53.9. The number of alkyl halides is 3. The lowest BCUT2D eigenvalue weighted by Gasteiger charge is -2.32. The molecule has 3 saturated heterocycles. The van der Waals surface area contributed by atoms with Gasteiger partial charge in [0, 0.05) is 87.3 Å². The van der Waals surface area contributed by atoms with E-state index < -0.39 is 65.7 Å². The molecular weight excluding hydrogens is 2280 g/mol. The number of nitrogens with two attached hydrogens (primary N) is 3. The highest BCUT2D eigenvalue weighted by molar-refractivity contribution is 9.13. The topological polar surface area (TPSA) is 535 Å². The van der Waals surface area contributed by atoms with Gasteiger partial charge in [0.15, 0.2) is 57.0 Å². The Kier molecular flexibility index (Phi) is 45.3. The number of aromatic nitrogens is 6. The van der Waals surface area contributed by atoms with Crippen molar-refractivity contribution in [1.82, 2.24) is 29.1 Å². The molecule has 16 rings (SSSR count). The van der Waals surface area contributed by atoms with Crippen LogP contribution in [0.15, 0.2) is 127 Å². The smallest absolute Gasteiger partial charge is 0.478 e. The Morgan fingerprint density at radius 1 is 0.582 bits per heavy atom. The number of amides is 1. The number of carbonyl (C=O) groups is 7. The van der Waals surface area contributed by atoms with Gasteiger partial charge in [-0.1, -0.05) is 88.7 Å². The predicted molar refractivity (Wildman–Crippen MR) is 575 cm³/mol. The Morgan fingerprint density at radius 3 is 1.45 bits per heavy atom. The van der Waals surface area contributed by atoms with E-state index >= 15 is 0 Å². The molecule has 4 aliphatic rings. The van der Waals surface area contributed by atoms with Crippen molar-refractivity contribution in [3.05, 3.63) is 190 Å². The maximum absolute atomic E-state index is 12.8. The van der Waals surface area contributed by atoms with Gasteiger partial charge < -0.3 is 83.1 Å². The first-order valence-corrected chi connectivity index (χ1v) is 56.3. The number of nitrogen functional groups attached to an aromatic ring is 2. The summed E-state index contributed by atoms with van der Waals surface area (Å²) in [5.74, 6) is 3.55. The van der Waals surface area contributed by atoms with Crippen molar-refractivity contribution in [3.8, 4) is 28.4 Å². The van der Waals surface area contributed by atoms with Crippen LogP contribution in [0, 0.1) is 89.0 Å². The number of carboxylic acids is 2. The molecule has 2 atom stereocenters. The first kappa shape index (κ1) is 123. The third-order valence-corrected chi connectivity index (χ3v) is 31.6. The fourth-order valence-corrected chi connectivity index (χ4v) is 19.6. The lowest BCUT2D eigenvalue weighted by Crippen LogP contribution is -2.41. The van der Waals surface area contributed by atoms with Crippen LogP contribution in [0.25, 0.3) is 45.0 Å². The van der Waals surface area contributed by atoms with Crippen LogP contribution in [0.4, 0.5) is 22.7 Å². The average molecular weight is 2400 g/mol. The number of nitrogens with one attached hydrogen (secondary N) is 1. The standard InChI is InChI=1S/C25H27ClN4O4S.C14H15NO5S.C13H20BNO4S.C12H13Cl2N3O.C8H10O2.C7H7BrO3.C7H8O3.C6H10O3.C4H7NO.C3H5Br3/c1-14-11-15(2)34-24(14)17-8-9-18(20(12-17)35(4,31)32)28-19-13-21(26)29-25-23(19)27-16(3)30(25)22-7-5-6-10-33-22;1-8-13(19-7-16)9(2)20-14(8)10-4-5-11(15)12(6-10)21(3,17)18;1-12(2)13(3,4)19-14(18-12)9-6-7-10(15)11(8-9)20(5,16)17;1-7-15-11-8(13)6-9(14)16-12(11)17(7)10-4-2-3-5-18-10;1-5-4-10-7(3)8(5)6(2)9;1-3-5(7(9)10)4(2)11-6(3)8;1-4-3-10-5(2)6(4)7(8)9;1-3-9-6(8)4-5(2)7;5-4(6)3-1-2-3;4-1-3(6)2-5/h8-9,11-13,22H,5-7,10H2,1-4H3,(H,28,29);4-7H,15H2,1-3H3;6-8H,15H2,1-5H3;6,10H,2-5H2,1H3;4H,1-3H3;1-2H3,(H,9,10);3H,1-2H3,(H,8,9);3-4H2,1-2H3;3H,1-2H2,(H2,5,6);3H,1-2H2. The van der Waals surface area contributed by atoms with Gasteiger partial charge in [0.1, 0.15) is 109 Å². The largest absolute Gasteiger partial charge is 0.494 e. The monoisotopic (exact) mass is 2390 g/mol. The molecule has 4 fully saturated rings. The normalized spacial score (nSPS) is 15.0. The quantitative estimate of drug-likeness (QED) is 0.00568. The predicted octanol–water partition coefficient (Wildman–Crippen LogP) is 21.9. The summed E-state index contributed by atoms with van der Waals surface area (Å²) in [6.45, 7) is 35.9. The van der Waals surface area contributed by atoms with E-state index in [9.17, 15) is 58.8 Å². The fourth-order valence-electron chi connectivity index (χ4n) is 14.9. The minimum atomic E-state index is -3.57. The van der Waals surface area contributed by atoms with Gasteiger partial charge in [0.05, 0.1) is 78.4 Å². The van der Waals surface area contributed by atoms with Crippen LogP contribution in [0.3, 0.4) is 0 Å². The highest BCUT2D eigenvalue weighted by Crippen LogP contribution is 2.42. The summed E-state index contributed by atoms with van der Waals surface area (Å²) < 4.78 is 136. The molecule has 3 aromatic carbocycles. The van der Waals surface area contributed by atoms with Crippen LogP contribution in [0.5, 0.6) is 5.75 Å². The van der Waals surface area contributed by atoms with Crippen LogP contribution in [0.1, 0.15) is 218 Å². The van der Waals surface area contributed by atoms with Crippen molar-refractivity contribution >= 4 is 228 Å². The van der Waals surface area contributed by atoms with Gasteiger partial charge >= 0.3 is 25.0 Å². The number of imidazole rings is 2. The molecule has 9 aromatic heterocycles. The fraction of sp³-hybridized carbons (Fsp3) is 0.424. The number of carboxylic acid groups (broad SMARTS) is 2. The van der Waals surface area contributed by atoms with E-state index in [2.05, 4.69) is 88.7 Å². The molecule has 36 nitrogen and oxygen atoms in total. The summed E-state index contributed by atoms with van der Waals surface area (Å²) in [6, 6.07) is 19.8. The molecule has 3 aliphatic heterocycles. The SMILES string of the molecule is BrCC(Br)CBr.CC(=O)c1c(C)coc1C.CC1(C)OB(c2ccc(N)c(S(C)(=O)=O)c2)OC1(C)C.CCOC(=O)CC(C)=O.Cc1cc(C)c(-c2ccc(Nc3cc(Cl)nc4c3nc(C)n4C3CCCCO3)c(S(C)(=O)=O)c2)o1.Cc1coc(C)c1C(=O)O.Cc1nc2c(Cl)cc(Cl)nc2n1C1CCCCO1.Cc1oc(-c2ccc(N)c(S(C)(=O)=O)c2)c(C)c1OC=O.Cc1oc(Br)c(C)c1C(=O)O.NC(=O)C1CC1. The van der Waals surface area contributed by atoms with Gasteiger partial charge in [-0.2, -0.15) is 0 Å². The molecule has 9 N–H and O–H groups in total. The van der Waals surface area contributed by atoms with E-state index in [1.54, 1.807) is 111 Å². The minimum Gasteiger partial charge on any atom is -0.478 e. The molecule has 146 heavy (non-hydrogen) atoms. The summed E-state index contributed by atoms with van der Waals surface area (Å²) in [6.07, 6.45) is 14.4. The van der Waals surface area contributed by atoms with Gasteiger partial charge in [-0.25, -0.2) is 54.8 Å². The Hall–Kier alpha value is -10.1. The highest BCUT2D eigenvalue weighted by atomic mass is 79.9. The maximum Gasteiger partial charge on any atom is 0.494 e. The van der Waals surface area contributed by atoms with Crippen molar-refractivity contribution in [2.75, 3.05) is 66.0 Å². The molecular formula is C99H122BBr4Cl3N10O26S3. The summed E-state index contributed by atoms with van der Waals surface area (Å²) in [7, 11) is -11.0. The number of furan rings is 5. The number of aryl methyl sites for hydroxylation is 10. The van der Waals surface area contributed by atoms with Crippen LogP contribution in [0.2, 0.25) is 15.3 Å². The number of esters is 1. The van der Waals surface area contributed by atoms with E-state index in [0.29, 0.717) is 147 Å². The zero-order valence-corrected chi connectivity index (χ0v) is 96.0. The number of hydrogen-bond donors (Lipinski definition) is 6. The number of Topliss-reactive ketones (excluding diaryl/α,β-unsaturated/α-hetero) is 2. The van der Waals surface area contributed by atoms with Gasteiger partial charge in [-0.05, 0) is 276 Å². The number of pyridine rings is 2. The number of sulfone groups is 3. The minimum absolute atomic E-state index is 0.00853. The van der Waals surface area contributed by atoms with Gasteiger partial charge in [-0.3, -0.25) is 33.1 Å². The third kappa shape index (κ3) is 33.7. The maximum atomic E-state index is 12.8.